The van der Waals surface area contributed by atoms with Gasteiger partial charge in [-0.05, 0) is 101 Å². The van der Waals surface area contributed by atoms with E-state index in [-0.39, 0.29) is 45.7 Å². The minimum Gasteiger partial charge on any atom is -0.456 e. The van der Waals surface area contributed by atoms with Crippen molar-refractivity contribution in [1.82, 2.24) is 0 Å². The molecule has 228 valence electrons. The molecule has 0 N–H and O–H groups in total. The zero-order valence-corrected chi connectivity index (χ0v) is 26.1. The van der Waals surface area contributed by atoms with Gasteiger partial charge in [0.2, 0.25) is 0 Å². The van der Waals surface area contributed by atoms with Crippen molar-refractivity contribution in [2.75, 3.05) is 0 Å². The van der Waals surface area contributed by atoms with E-state index in [0.717, 1.165) is 43.8 Å². The fourth-order valence-corrected chi connectivity index (χ4v) is 7.14. The Labute approximate surface area is 295 Å². The summed E-state index contributed by atoms with van der Waals surface area (Å²) in [6, 6.07) is 40.5. The molecule has 0 aliphatic heterocycles. The second-order valence-electron chi connectivity index (χ2n) is 12.3. The number of hydrogen-bond donors (Lipinski definition) is 0. The quantitative estimate of drug-likeness (QED) is 0.176. The van der Waals surface area contributed by atoms with Gasteiger partial charge in [-0.2, -0.15) is 0 Å². The van der Waals surface area contributed by atoms with E-state index in [9.17, 15) is 5.48 Å². The van der Waals surface area contributed by atoms with E-state index in [1.165, 1.54) is 0 Å². The van der Waals surface area contributed by atoms with Crippen LogP contribution < -0.4 is 0 Å². The van der Waals surface area contributed by atoms with Crippen molar-refractivity contribution in [3.63, 3.8) is 0 Å². The van der Waals surface area contributed by atoms with Gasteiger partial charge in [-0.15, -0.1) is 0 Å². The van der Waals surface area contributed by atoms with Gasteiger partial charge in [0.05, 0.1) is 11.0 Å². The minimum atomic E-state index is -0.435. The summed E-state index contributed by atoms with van der Waals surface area (Å²) in [6.45, 7) is 0. The Balaban J connectivity index is 1.26. The Morgan fingerprint density at radius 2 is 0.755 bits per heavy atom. The maximum absolute atomic E-state index is 9.35. The molecule has 9 aromatic carbocycles. The fourth-order valence-electron chi connectivity index (χ4n) is 7.14. The molecule has 0 amide bonds. The smallest absolute Gasteiger partial charge is 0.136 e. The lowest BCUT2D eigenvalue weighted by atomic mass is 9.85. The summed E-state index contributed by atoms with van der Waals surface area (Å²) in [5, 5.41) is 4.38. The number of hydrogen-bond acceptors (Lipinski definition) is 1. The van der Waals surface area contributed by atoms with Gasteiger partial charge in [0.15, 0.2) is 0 Å². The number of benzene rings is 9. The molecule has 0 aliphatic rings. The highest BCUT2D eigenvalue weighted by Gasteiger charge is 2.18. The lowest BCUT2D eigenvalue weighted by Crippen LogP contribution is -1.91. The molecule has 0 radical (unpaired) electrons. The number of furan rings is 1. The van der Waals surface area contributed by atoms with Crippen molar-refractivity contribution in [1.29, 1.82) is 0 Å². The van der Waals surface area contributed by atoms with Crippen molar-refractivity contribution < 1.29 is 15.4 Å². The first kappa shape index (κ1) is 20.7. The van der Waals surface area contributed by atoms with Gasteiger partial charge in [-0.1, -0.05) is 158 Å². The molecule has 0 spiro atoms. The second kappa shape index (κ2) is 11.1. The van der Waals surface area contributed by atoms with Crippen LogP contribution in [0.2, 0.25) is 0 Å². The van der Waals surface area contributed by atoms with Crippen LogP contribution in [0, 0.1) is 0 Å². The summed E-state index contributed by atoms with van der Waals surface area (Å²) >= 11 is 0. The summed E-state index contributed by atoms with van der Waals surface area (Å²) in [4.78, 5) is 0. The first-order valence-corrected chi connectivity index (χ1v) is 16.2. The average molecular weight is 631 g/mol. The summed E-state index contributed by atoms with van der Waals surface area (Å²) < 4.78 is 78.8. The predicted molar refractivity (Wildman–Crippen MR) is 208 cm³/mol. The van der Waals surface area contributed by atoms with Gasteiger partial charge in [-0.25, -0.2) is 0 Å². The Hall–Kier alpha value is -6.44. The molecule has 1 heterocycles. The van der Waals surface area contributed by atoms with Crippen molar-refractivity contribution in [3.8, 4) is 44.5 Å². The molecule has 0 saturated heterocycles. The summed E-state index contributed by atoms with van der Waals surface area (Å²) in [5.74, 6) is 0. The molecule has 1 aromatic heterocycles. The molecule has 0 fully saturated rings. The van der Waals surface area contributed by atoms with Crippen LogP contribution in [0.3, 0.4) is 0 Å². The molecule has 10 rings (SSSR count). The monoisotopic (exact) mass is 630 g/mol. The van der Waals surface area contributed by atoms with Crippen LogP contribution >= 0.6 is 0 Å². The highest BCUT2D eigenvalue weighted by atomic mass is 16.3. The highest BCUT2D eigenvalue weighted by Crippen LogP contribution is 2.45. The average Bonchev–Trinajstić information content (AvgIpc) is 3.61. The molecule has 49 heavy (non-hydrogen) atoms. The molecule has 10 aromatic rings. The molecule has 0 atom stereocenters. The lowest BCUT2D eigenvalue weighted by molar-refractivity contribution is 0.669. The van der Waals surface area contributed by atoms with Crippen LogP contribution in [-0.4, -0.2) is 0 Å². The van der Waals surface area contributed by atoms with E-state index < -0.39 is 24.2 Å². The van der Waals surface area contributed by atoms with E-state index in [1.54, 1.807) is 6.07 Å². The van der Waals surface area contributed by atoms with Crippen molar-refractivity contribution in [2.24, 2.45) is 0 Å². The molecule has 0 bridgehead atoms. The Kier molecular flexibility index (Phi) is 4.69. The summed E-state index contributed by atoms with van der Waals surface area (Å²) in [6.07, 6.45) is 0. The zero-order chi connectivity index (χ0) is 39.3. The van der Waals surface area contributed by atoms with Crippen LogP contribution in [0.1, 0.15) is 11.0 Å². The van der Waals surface area contributed by atoms with Gasteiger partial charge < -0.3 is 4.42 Å². The third-order valence-corrected chi connectivity index (χ3v) is 9.50. The maximum Gasteiger partial charge on any atom is 0.136 e. The van der Waals surface area contributed by atoms with E-state index in [1.807, 2.05) is 97.1 Å². The topological polar surface area (TPSA) is 13.1 Å². The van der Waals surface area contributed by atoms with Gasteiger partial charge >= 0.3 is 0 Å². The molecular weight excluding hydrogens is 593 g/mol. The SMILES string of the molecule is [2H]c1c([2H])c([2H])c2c(-c3ccc4oc5cc6ccccc6cc5c4c3)c3c([2H])c([2H])c([2H])c([2H])c3c(-c3ccc(-c4ccc(-c5ccccc5)cc4)cc3)c2c1[2H]. The van der Waals surface area contributed by atoms with Crippen molar-refractivity contribution in [3.05, 3.63) is 182 Å². The van der Waals surface area contributed by atoms with E-state index in [4.69, 9.17) is 9.90 Å². The Morgan fingerprint density at radius 3 is 1.33 bits per heavy atom. The lowest BCUT2D eigenvalue weighted by Gasteiger charge is -2.18. The van der Waals surface area contributed by atoms with Gasteiger partial charge in [0.25, 0.3) is 0 Å². The van der Waals surface area contributed by atoms with Crippen LogP contribution in [-0.2, 0) is 0 Å². The predicted octanol–water partition coefficient (Wildman–Crippen LogP) is 13.7. The highest BCUT2D eigenvalue weighted by molar-refractivity contribution is 6.22. The first-order valence-electron chi connectivity index (χ1n) is 20.2. The standard InChI is InChI=1S/C48H30O/c1-2-10-31(11-3-1)32-18-20-33(21-19-32)34-22-24-35(25-23-34)47-39-14-6-8-16-41(39)48(42-17-9-7-15-40(42)47)38-26-27-45-43(29-38)44-28-36-12-4-5-13-37(36)30-46(44)49-45/h1-30H/i6D,7D,8D,9D,14D,15D,16D,17D. The van der Waals surface area contributed by atoms with Crippen molar-refractivity contribution in [2.45, 2.75) is 0 Å². The third-order valence-electron chi connectivity index (χ3n) is 9.50. The number of rotatable bonds is 4. The molecule has 0 aliphatic carbocycles. The molecule has 1 nitrogen and oxygen atoms in total. The van der Waals surface area contributed by atoms with Crippen molar-refractivity contribution >= 4 is 54.3 Å². The van der Waals surface area contributed by atoms with Crippen LogP contribution in [0.15, 0.2) is 186 Å². The van der Waals surface area contributed by atoms with Gasteiger partial charge in [-0.3, -0.25) is 0 Å². The molecule has 0 unspecified atom stereocenters. The van der Waals surface area contributed by atoms with E-state index >= 15 is 0 Å². The Morgan fingerprint density at radius 1 is 0.327 bits per heavy atom. The van der Waals surface area contributed by atoms with Gasteiger partial charge in [0, 0.05) is 10.8 Å². The molecular formula is C48H30O. The first-order chi connectivity index (χ1) is 27.6. The van der Waals surface area contributed by atoms with Crippen LogP contribution in [0.5, 0.6) is 0 Å². The number of fused-ring (bicyclic) bond motifs is 6. The normalized spacial score (nSPS) is 14.0. The van der Waals surface area contributed by atoms with Gasteiger partial charge in [0.1, 0.15) is 11.2 Å². The van der Waals surface area contributed by atoms with Crippen LogP contribution in [0.25, 0.3) is 98.8 Å². The zero-order valence-electron chi connectivity index (χ0n) is 34.1. The largest absolute Gasteiger partial charge is 0.456 e. The maximum atomic E-state index is 9.35. The summed E-state index contributed by atoms with van der Waals surface area (Å²) in [5.41, 5.74) is 7.10. The molecule has 1 heteroatoms. The van der Waals surface area contributed by atoms with Crippen LogP contribution in [0.4, 0.5) is 0 Å². The van der Waals surface area contributed by atoms with E-state index in [0.29, 0.717) is 33.4 Å². The third kappa shape index (κ3) is 4.55. The minimum absolute atomic E-state index is 0.173. The second-order valence-corrected chi connectivity index (χ2v) is 12.3. The molecule has 0 saturated carbocycles. The summed E-state index contributed by atoms with van der Waals surface area (Å²) in [7, 11) is 0. The Bertz CT molecular complexity index is 3220. The van der Waals surface area contributed by atoms with E-state index in [2.05, 4.69) is 30.3 Å². The fraction of sp³-hybridized carbons (Fsp3) is 0.